The molecule has 35 heavy (non-hydrogen) atoms. The number of unbranched alkanes of at least 4 members (excludes halogenated alkanes) is 6. The van der Waals surface area contributed by atoms with Gasteiger partial charge in [0.2, 0.25) is 5.91 Å². The fourth-order valence-corrected chi connectivity index (χ4v) is 3.44. The van der Waals surface area contributed by atoms with Crippen molar-refractivity contribution in [1.82, 2.24) is 16.0 Å². The standard InChI is InChI=1S/C23H49N7O5/c24-12-6-2-1-3-9-15-28-16-21(31)29-19(10-4-7-13-25)18-35-23(33)30-20(11-5-8-14-26)17-34-22(27)32/h19-20,28H,1-18,24-26H2,(H2,27,32)(H,29,31)(H,30,33)/t19-,20?/m0/s1. The molecular weight excluding hydrogens is 454 g/mol. The summed E-state index contributed by atoms with van der Waals surface area (Å²) in [5, 5.41) is 8.76. The molecule has 0 rings (SSSR count). The first kappa shape index (κ1) is 32.8. The lowest BCUT2D eigenvalue weighted by molar-refractivity contribution is -0.121. The van der Waals surface area contributed by atoms with Gasteiger partial charge in [-0.05, 0) is 64.7 Å². The number of alkyl carbamates (subject to hydrolysis) is 1. The lowest BCUT2D eigenvalue weighted by Gasteiger charge is -2.21. The number of rotatable bonds is 23. The number of amides is 3. The first-order valence-corrected chi connectivity index (χ1v) is 12.9. The fourth-order valence-electron chi connectivity index (χ4n) is 3.44. The molecule has 12 heteroatoms. The van der Waals surface area contributed by atoms with Gasteiger partial charge in [-0.3, -0.25) is 4.79 Å². The maximum Gasteiger partial charge on any atom is 0.407 e. The normalized spacial score (nSPS) is 12.5. The number of hydrogen-bond donors (Lipinski definition) is 7. The van der Waals surface area contributed by atoms with Crippen molar-refractivity contribution in [3.05, 3.63) is 0 Å². The van der Waals surface area contributed by atoms with Crippen LogP contribution in [-0.4, -0.2) is 76.1 Å². The highest BCUT2D eigenvalue weighted by Gasteiger charge is 2.18. The Morgan fingerprint density at radius 1 is 0.657 bits per heavy atom. The Morgan fingerprint density at radius 2 is 1.17 bits per heavy atom. The largest absolute Gasteiger partial charge is 0.448 e. The van der Waals surface area contributed by atoms with Crippen LogP contribution in [0.2, 0.25) is 0 Å². The van der Waals surface area contributed by atoms with Gasteiger partial charge in [-0.25, -0.2) is 9.59 Å². The SMILES string of the molecule is NCCCCCCCNCC(=O)N[C@@H](CCCCN)COC(=O)NC(CCCCN)COC(N)=O. The van der Waals surface area contributed by atoms with Crippen LogP contribution in [-0.2, 0) is 14.3 Å². The molecule has 0 aliphatic heterocycles. The Labute approximate surface area is 209 Å². The summed E-state index contributed by atoms with van der Waals surface area (Å²) in [6, 6.07) is -0.762. The van der Waals surface area contributed by atoms with Crippen LogP contribution >= 0.6 is 0 Å². The van der Waals surface area contributed by atoms with Crippen LogP contribution in [0.15, 0.2) is 0 Å². The summed E-state index contributed by atoms with van der Waals surface area (Å²) in [7, 11) is 0. The summed E-state index contributed by atoms with van der Waals surface area (Å²) in [4.78, 5) is 35.6. The van der Waals surface area contributed by atoms with Crippen molar-refractivity contribution in [2.75, 3.05) is 45.9 Å². The van der Waals surface area contributed by atoms with Gasteiger partial charge in [-0.1, -0.05) is 32.1 Å². The van der Waals surface area contributed by atoms with Gasteiger partial charge in [0.15, 0.2) is 0 Å². The Kier molecular flexibility index (Phi) is 22.1. The molecule has 0 aromatic heterocycles. The highest BCUT2D eigenvalue weighted by atomic mass is 16.6. The zero-order valence-electron chi connectivity index (χ0n) is 21.2. The lowest BCUT2D eigenvalue weighted by Crippen LogP contribution is -2.45. The van der Waals surface area contributed by atoms with E-state index in [0.29, 0.717) is 25.9 Å². The second kappa shape index (κ2) is 23.6. The molecule has 11 N–H and O–H groups in total. The Bertz CT molecular complexity index is 554. The number of primary amides is 1. The maximum atomic E-state index is 12.3. The van der Waals surface area contributed by atoms with Gasteiger partial charge in [0.25, 0.3) is 0 Å². The molecule has 0 aliphatic carbocycles. The van der Waals surface area contributed by atoms with E-state index in [9.17, 15) is 14.4 Å². The van der Waals surface area contributed by atoms with E-state index in [0.717, 1.165) is 70.9 Å². The molecule has 1 unspecified atom stereocenters. The van der Waals surface area contributed by atoms with Gasteiger partial charge in [-0.15, -0.1) is 0 Å². The van der Waals surface area contributed by atoms with Crippen LogP contribution in [0.1, 0.15) is 70.6 Å². The van der Waals surface area contributed by atoms with E-state index in [1.807, 2.05) is 0 Å². The molecule has 2 atom stereocenters. The molecule has 206 valence electrons. The van der Waals surface area contributed by atoms with Crippen LogP contribution in [0.25, 0.3) is 0 Å². The molecule has 0 aliphatic rings. The molecule has 0 aromatic rings. The van der Waals surface area contributed by atoms with Crippen molar-refractivity contribution in [3.8, 4) is 0 Å². The number of nitrogens with two attached hydrogens (primary N) is 4. The summed E-state index contributed by atoms with van der Waals surface area (Å²) in [5.41, 5.74) is 21.6. The average Bonchev–Trinajstić information content (AvgIpc) is 2.82. The third-order valence-electron chi connectivity index (χ3n) is 5.39. The minimum atomic E-state index is -0.910. The van der Waals surface area contributed by atoms with E-state index in [2.05, 4.69) is 16.0 Å². The Morgan fingerprint density at radius 3 is 1.77 bits per heavy atom. The van der Waals surface area contributed by atoms with Gasteiger partial charge in [-0.2, -0.15) is 0 Å². The van der Waals surface area contributed by atoms with Crippen molar-refractivity contribution in [2.45, 2.75) is 82.7 Å². The summed E-state index contributed by atoms with van der Waals surface area (Å²) in [6.07, 6.45) is 8.25. The molecule has 12 nitrogen and oxygen atoms in total. The van der Waals surface area contributed by atoms with Crippen molar-refractivity contribution in [1.29, 1.82) is 0 Å². The fraction of sp³-hybridized carbons (Fsp3) is 0.870. The molecule has 0 bridgehead atoms. The zero-order valence-corrected chi connectivity index (χ0v) is 21.2. The van der Waals surface area contributed by atoms with Crippen LogP contribution in [0.5, 0.6) is 0 Å². The van der Waals surface area contributed by atoms with Crippen molar-refractivity contribution >= 4 is 18.1 Å². The quantitative estimate of drug-likeness (QED) is 0.0961. The molecule has 0 heterocycles. The predicted octanol–water partition coefficient (Wildman–Crippen LogP) is 0.418. The van der Waals surface area contributed by atoms with E-state index >= 15 is 0 Å². The van der Waals surface area contributed by atoms with Crippen molar-refractivity contribution in [2.24, 2.45) is 22.9 Å². The number of ether oxygens (including phenoxy) is 2. The van der Waals surface area contributed by atoms with E-state index in [1.54, 1.807) is 0 Å². The van der Waals surface area contributed by atoms with Gasteiger partial charge < -0.3 is 48.4 Å². The zero-order chi connectivity index (χ0) is 26.2. The minimum Gasteiger partial charge on any atom is -0.448 e. The number of carbonyl (C=O) groups excluding carboxylic acids is 3. The second-order valence-electron chi connectivity index (χ2n) is 8.64. The smallest absolute Gasteiger partial charge is 0.407 e. The van der Waals surface area contributed by atoms with E-state index in [1.165, 1.54) is 0 Å². The number of carbonyl (C=O) groups is 3. The van der Waals surface area contributed by atoms with Crippen LogP contribution in [0.3, 0.4) is 0 Å². The predicted molar refractivity (Wildman–Crippen MR) is 137 cm³/mol. The lowest BCUT2D eigenvalue weighted by atomic mass is 10.1. The van der Waals surface area contributed by atoms with Crippen LogP contribution < -0.4 is 38.9 Å². The third kappa shape index (κ3) is 22.1. The first-order chi connectivity index (χ1) is 16.9. The van der Waals surface area contributed by atoms with Gasteiger partial charge in [0, 0.05) is 0 Å². The van der Waals surface area contributed by atoms with Crippen molar-refractivity contribution < 1.29 is 23.9 Å². The summed E-state index contributed by atoms with van der Waals surface area (Å²) >= 11 is 0. The highest BCUT2D eigenvalue weighted by Crippen LogP contribution is 2.05. The molecule has 0 spiro atoms. The monoisotopic (exact) mass is 503 g/mol. The Balaban J connectivity index is 4.44. The molecule has 0 radical (unpaired) electrons. The maximum absolute atomic E-state index is 12.3. The molecular formula is C23H49N7O5. The molecule has 0 saturated heterocycles. The van der Waals surface area contributed by atoms with Gasteiger partial charge >= 0.3 is 12.2 Å². The van der Waals surface area contributed by atoms with Crippen LogP contribution in [0.4, 0.5) is 9.59 Å². The highest BCUT2D eigenvalue weighted by molar-refractivity contribution is 5.78. The third-order valence-corrected chi connectivity index (χ3v) is 5.39. The minimum absolute atomic E-state index is 0.0233. The number of hydrogen-bond acceptors (Lipinski definition) is 9. The second-order valence-corrected chi connectivity index (χ2v) is 8.64. The van der Waals surface area contributed by atoms with E-state index in [4.69, 9.17) is 32.4 Å². The summed E-state index contributed by atoms with van der Waals surface area (Å²) < 4.78 is 10.2. The Hall–Kier alpha value is -2.15. The van der Waals surface area contributed by atoms with Gasteiger partial charge in [0.05, 0.1) is 18.6 Å². The topological polar surface area (TPSA) is 210 Å². The first-order valence-electron chi connectivity index (χ1n) is 12.9. The van der Waals surface area contributed by atoms with Crippen molar-refractivity contribution in [3.63, 3.8) is 0 Å². The molecule has 0 aromatic carbocycles. The summed E-state index contributed by atoms with van der Waals surface area (Å²) in [6.45, 7) is 2.76. The molecule has 3 amide bonds. The summed E-state index contributed by atoms with van der Waals surface area (Å²) in [5.74, 6) is -0.149. The molecule has 0 fully saturated rings. The van der Waals surface area contributed by atoms with Gasteiger partial charge in [0.1, 0.15) is 13.2 Å². The van der Waals surface area contributed by atoms with E-state index in [-0.39, 0.29) is 31.7 Å². The van der Waals surface area contributed by atoms with E-state index < -0.39 is 18.2 Å². The molecule has 0 saturated carbocycles. The number of nitrogens with one attached hydrogen (secondary N) is 3. The van der Waals surface area contributed by atoms with Crippen LogP contribution in [0, 0.1) is 0 Å². The average molecular weight is 504 g/mol.